The molecule has 0 aliphatic carbocycles. The maximum absolute atomic E-state index is 9.82. The van der Waals surface area contributed by atoms with Crippen LogP contribution < -0.4 is 5.32 Å². The van der Waals surface area contributed by atoms with Crippen LogP contribution in [0.15, 0.2) is 24.3 Å². The van der Waals surface area contributed by atoms with Crippen LogP contribution in [-0.2, 0) is 0 Å². The molecule has 0 fully saturated rings. The number of H-pyrrole nitrogens is 2. The number of fused-ring (bicyclic) bond motifs is 2. The van der Waals surface area contributed by atoms with E-state index in [1.807, 2.05) is 26.0 Å². The van der Waals surface area contributed by atoms with Gasteiger partial charge in [-0.05, 0) is 31.5 Å². The van der Waals surface area contributed by atoms with Gasteiger partial charge in [0.25, 0.3) is 0 Å². The molecular weight excluding hydrogens is 266 g/mol. The van der Waals surface area contributed by atoms with Crippen molar-refractivity contribution >= 4 is 11.6 Å². The molecule has 3 aromatic rings. The number of rotatable bonds is 1. The minimum absolute atomic E-state index is 0.000787. The molecule has 0 saturated heterocycles. The maximum atomic E-state index is 9.82. The molecule has 1 aliphatic rings. The average molecular weight is 281 g/mol. The molecule has 1 aromatic carbocycles. The minimum atomic E-state index is 0.000787. The fraction of sp³-hybridized carbons (Fsp3) is 0.200. The van der Waals surface area contributed by atoms with Gasteiger partial charge >= 0.3 is 0 Å². The Bertz CT molecular complexity index is 786. The first-order valence-electron chi connectivity index (χ1n) is 6.81. The number of nitrogens with one attached hydrogen (secondary N) is 3. The first-order valence-corrected chi connectivity index (χ1v) is 6.81. The Balaban J connectivity index is 2.00. The molecule has 4 N–H and O–H groups in total. The molecular formula is C15H15N5O. The van der Waals surface area contributed by atoms with Gasteiger partial charge in [-0.1, -0.05) is 12.1 Å². The molecule has 0 unspecified atom stereocenters. The molecule has 4 rings (SSSR count). The van der Waals surface area contributed by atoms with Crippen molar-refractivity contribution in [1.82, 2.24) is 20.4 Å². The van der Waals surface area contributed by atoms with Crippen LogP contribution in [0.3, 0.4) is 0 Å². The first kappa shape index (κ1) is 12.0. The molecule has 0 atom stereocenters. The van der Waals surface area contributed by atoms with Gasteiger partial charge < -0.3 is 10.4 Å². The van der Waals surface area contributed by atoms with Crippen molar-refractivity contribution in [3.63, 3.8) is 0 Å². The van der Waals surface area contributed by atoms with Crippen molar-refractivity contribution < 1.29 is 5.11 Å². The third kappa shape index (κ3) is 1.65. The third-order valence-electron chi connectivity index (χ3n) is 4.01. The summed E-state index contributed by atoms with van der Waals surface area (Å²) < 4.78 is 0. The quantitative estimate of drug-likeness (QED) is 0.432. The van der Waals surface area contributed by atoms with Crippen molar-refractivity contribution in [2.75, 3.05) is 5.32 Å². The van der Waals surface area contributed by atoms with E-state index in [-0.39, 0.29) is 11.7 Å². The van der Waals surface area contributed by atoms with Gasteiger partial charge in [-0.15, -0.1) is 0 Å². The number of benzene rings is 1. The van der Waals surface area contributed by atoms with E-state index in [4.69, 9.17) is 0 Å². The number of anilines is 2. The summed E-state index contributed by atoms with van der Waals surface area (Å²) >= 11 is 0. The summed E-state index contributed by atoms with van der Waals surface area (Å²) in [5.74, 6) is 1.84. The van der Waals surface area contributed by atoms with Crippen LogP contribution in [0.2, 0.25) is 0 Å². The molecule has 0 saturated carbocycles. The summed E-state index contributed by atoms with van der Waals surface area (Å²) in [6.45, 7) is 4.01. The first-order chi connectivity index (χ1) is 10.1. The van der Waals surface area contributed by atoms with E-state index in [1.165, 1.54) is 0 Å². The van der Waals surface area contributed by atoms with Crippen molar-refractivity contribution in [1.29, 1.82) is 0 Å². The fourth-order valence-corrected chi connectivity index (χ4v) is 3.07. The smallest absolute Gasteiger partial charge is 0.157 e. The van der Waals surface area contributed by atoms with E-state index in [9.17, 15) is 5.11 Å². The fourth-order valence-electron chi connectivity index (χ4n) is 3.07. The zero-order valence-corrected chi connectivity index (χ0v) is 11.7. The summed E-state index contributed by atoms with van der Waals surface area (Å²) in [7, 11) is 0. The SMILES string of the molecule is Cc1[nH]nc2c1C(c1cccc(O)c1)c1c(n[nH]c1C)N2. The van der Waals surface area contributed by atoms with E-state index in [1.54, 1.807) is 12.1 Å². The van der Waals surface area contributed by atoms with Crippen molar-refractivity contribution in [2.45, 2.75) is 19.8 Å². The Hall–Kier alpha value is -2.76. The van der Waals surface area contributed by atoms with Crippen LogP contribution in [0.25, 0.3) is 0 Å². The summed E-state index contributed by atoms with van der Waals surface area (Å²) in [6, 6.07) is 7.35. The molecule has 0 amide bonds. The summed E-state index contributed by atoms with van der Waals surface area (Å²) in [6.07, 6.45) is 0. The highest BCUT2D eigenvalue weighted by Gasteiger charge is 2.33. The van der Waals surface area contributed by atoms with Gasteiger partial charge in [0.2, 0.25) is 0 Å². The van der Waals surface area contributed by atoms with Crippen molar-refractivity contribution in [3.05, 3.63) is 52.3 Å². The second kappa shape index (κ2) is 4.12. The zero-order valence-electron chi connectivity index (χ0n) is 11.7. The molecule has 106 valence electrons. The zero-order chi connectivity index (χ0) is 14.6. The second-order valence-corrected chi connectivity index (χ2v) is 5.37. The van der Waals surface area contributed by atoms with E-state index >= 15 is 0 Å². The van der Waals surface area contributed by atoms with E-state index in [2.05, 4.69) is 25.7 Å². The second-order valence-electron chi connectivity index (χ2n) is 5.37. The van der Waals surface area contributed by atoms with Gasteiger partial charge in [0, 0.05) is 28.4 Å². The molecule has 2 aromatic heterocycles. The van der Waals surface area contributed by atoms with Crippen molar-refractivity contribution in [2.24, 2.45) is 0 Å². The molecule has 0 radical (unpaired) electrons. The lowest BCUT2D eigenvalue weighted by Crippen LogP contribution is -2.14. The molecule has 21 heavy (non-hydrogen) atoms. The number of phenolic OH excluding ortho intramolecular Hbond substituents is 1. The number of phenols is 1. The molecule has 0 bridgehead atoms. The standard InChI is InChI=1S/C15H15N5O/c1-7-11-13(9-4-3-5-10(21)6-9)12-8(2)18-20-15(12)16-14(11)19-17-7/h3-6,13,21H,1-2H3,(H3,16,17,18,19,20). The van der Waals surface area contributed by atoms with Crippen LogP contribution in [-0.4, -0.2) is 25.5 Å². The largest absolute Gasteiger partial charge is 0.508 e. The Kier molecular flexibility index (Phi) is 2.35. The number of aryl methyl sites for hydroxylation is 2. The Labute approximate surface area is 121 Å². The monoisotopic (exact) mass is 281 g/mol. The highest BCUT2D eigenvalue weighted by molar-refractivity contribution is 5.72. The average Bonchev–Trinajstić information content (AvgIpc) is 3.02. The summed E-state index contributed by atoms with van der Waals surface area (Å²) in [5, 5.41) is 27.7. The number of aromatic amines is 2. The lowest BCUT2D eigenvalue weighted by atomic mass is 9.82. The Morgan fingerprint density at radius 2 is 1.62 bits per heavy atom. The summed E-state index contributed by atoms with van der Waals surface area (Å²) in [4.78, 5) is 0. The minimum Gasteiger partial charge on any atom is -0.508 e. The summed E-state index contributed by atoms with van der Waals surface area (Å²) in [5.41, 5.74) is 5.23. The van der Waals surface area contributed by atoms with Gasteiger partial charge in [-0.2, -0.15) is 10.2 Å². The van der Waals surface area contributed by atoms with E-state index in [0.29, 0.717) is 0 Å². The van der Waals surface area contributed by atoms with Gasteiger partial charge in [0.15, 0.2) is 11.6 Å². The highest BCUT2D eigenvalue weighted by atomic mass is 16.3. The number of hydrogen-bond donors (Lipinski definition) is 4. The normalized spacial score (nSPS) is 13.6. The van der Waals surface area contributed by atoms with Crippen LogP contribution in [0.5, 0.6) is 5.75 Å². The van der Waals surface area contributed by atoms with E-state index < -0.39 is 0 Å². The number of nitrogens with zero attached hydrogens (tertiary/aromatic N) is 2. The predicted molar refractivity (Wildman–Crippen MR) is 79.0 cm³/mol. The van der Waals surface area contributed by atoms with Gasteiger partial charge in [-0.25, -0.2) is 0 Å². The van der Waals surface area contributed by atoms with Gasteiger partial charge in [-0.3, -0.25) is 10.2 Å². The third-order valence-corrected chi connectivity index (χ3v) is 4.01. The van der Waals surface area contributed by atoms with Crippen LogP contribution in [0, 0.1) is 13.8 Å². The van der Waals surface area contributed by atoms with Crippen LogP contribution in [0.4, 0.5) is 11.6 Å². The number of hydrogen-bond acceptors (Lipinski definition) is 4. The molecule has 3 heterocycles. The number of aromatic nitrogens is 4. The van der Waals surface area contributed by atoms with Gasteiger partial charge in [0.05, 0.1) is 0 Å². The maximum Gasteiger partial charge on any atom is 0.157 e. The Morgan fingerprint density at radius 1 is 1.00 bits per heavy atom. The van der Waals surface area contributed by atoms with E-state index in [0.717, 1.165) is 39.7 Å². The lowest BCUT2D eigenvalue weighted by Gasteiger charge is -2.24. The molecule has 0 spiro atoms. The van der Waals surface area contributed by atoms with Gasteiger partial charge in [0.1, 0.15) is 5.75 Å². The molecule has 6 heteroatoms. The highest BCUT2D eigenvalue weighted by Crippen LogP contribution is 2.46. The Morgan fingerprint density at radius 3 is 2.19 bits per heavy atom. The topological polar surface area (TPSA) is 89.6 Å². The predicted octanol–water partition coefficient (Wildman–Crippen LogP) is 2.69. The van der Waals surface area contributed by atoms with Crippen molar-refractivity contribution in [3.8, 4) is 5.75 Å². The van der Waals surface area contributed by atoms with Crippen LogP contribution >= 0.6 is 0 Å². The molecule has 1 aliphatic heterocycles. The lowest BCUT2D eigenvalue weighted by molar-refractivity contribution is 0.474. The molecule has 6 nitrogen and oxygen atoms in total. The number of aromatic hydroxyl groups is 1. The van der Waals surface area contributed by atoms with Crippen LogP contribution in [0.1, 0.15) is 34.0 Å².